The Morgan fingerprint density at radius 3 is 2.12 bits per heavy atom. The van der Waals surface area contributed by atoms with Crippen molar-refractivity contribution in [2.75, 3.05) is 0 Å². The molecule has 0 spiro atoms. The van der Waals surface area contributed by atoms with Crippen molar-refractivity contribution in [3.63, 3.8) is 0 Å². The molecule has 0 aliphatic heterocycles. The summed E-state index contributed by atoms with van der Waals surface area (Å²) in [6, 6.07) is 4.46. The molecule has 1 aromatic rings. The molecule has 4 heteroatoms. The summed E-state index contributed by atoms with van der Waals surface area (Å²) in [5, 5.41) is 0. The molecule has 0 saturated carbocycles. The first-order chi connectivity index (χ1) is 7.65. The number of ketones is 1. The third-order valence-electron chi connectivity index (χ3n) is 1.83. The summed E-state index contributed by atoms with van der Waals surface area (Å²) in [4.78, 5) is 26.9. The molecule has 0 aromatic heterocycles. The van der Waals surface area contributed by atoms with E-state index in [0.717, 1.165) is 0 Å². The van der Waals surface area contributed by atoms with E-state index in [1.54, 1.807) is 6.07 Å². The summed E-state index contributed by atoms with van der Waals surface area (Å²) in [5.41, 5.74) is 1.18. The van der Waals surface area contributed by atoms with Gasteiger partial charge in [-0.3, -0.25) is 4.79 Å². The zero-order chi connectivity index (χ0) is 13.1. The normalized spacial score (nSPS) is 7.94. The average molecular weight is 226 g/mol. The van der Waals surface area contributed by atoms with Crippen molar-refractivity contribution in [1.29, 1.82) is 0 Å². The van der Waals surface area contributed by atoms with Gasteiger partial charge in [-0.25, -0.2) is 4.39 Å². The van der Waals surface area contributed by atoms with E-state index >= 15 is 0 Å². The van der Waals surface area contributed by atoms with Crippen LogP contribution in [-0.2, 0) is 16.0 Å². The predicted molar refractivity (Wildman–Crippen MR) is 60.0 cm³/mol. The summed E-state index contributed by atoms with van der Waals surface area (Å²) < 4.78 is 12.9. The summed E-state index contributed by atoms with van der Waals surface area (Å²) in [7, 11) is 0. The lowest BCUT2D eigenvalue weighted by Gasteiger charge is -2.01. The van der Waals surface area contributed by atoms with E-state index in [0.29, 0.717) is 17.5 Å². The van der Waals surface area contributed by atoms with E-state index in [2.05, 4.69) is 0 Å². The fourth-order valence-electron chi connectivity index (χ4n) is 1.06. The first-order valence-corrected chi connectivity index (χ1v) is 4.52. The first-order valence-electron chi connectivity index (χ1n) is 4.52. The molecule has 0 bridgehead atoms. The standard InChI is InChI=1S/C10H11FO.2CH2O/c1-3-8-6-9(7(2)12)4-5-10(8)11;2*1-2/h4-6H,3H2,1-2H3;2*1H2. The largest absolute Gasteiger partial charge is 0.307 e. The Balaban J connectivity index is 0. The van der Waals surface area contributed by atoms with Crippen LogP contribution in [-0.4, -0.2) is 19.4 Å². The summed E-state index contributed by atoms with van der Waals surface area (Å²) >= 11 is 0. The van der Waals surface area contributed by atoms with E-state index in [-0.39, 0.29) is 11.6 Å². The second-order valence-electron chi connectivity index (χ2n) is 2.72. The molecule has 0 radical (unpaired) electrons. The van der Waals surface area contributed by atoms with Gasteiger partial charge in [0.15, 0.2) is 5.78 Å². The smallest absolute Gasteiger partial charge is 0.159 e. The highest BCUT2D eigenvalue weighted by Gasteiger charge is 2.03. The average Bonchev–Trinajstić information content (AvgIpc) is 2.34. The van der Waals surface area contributed by atoms with Gasteiger partial charge in [0, 0.05) is 5.56 Å². The van der Waals surface area contributed by atoms with Crippen molar-refractivity contribution in [3.05, 3.63) is 35.1 Å². The minimum absolute atomic E-state index is 0.0234. The highest BCUT2D eigenvalue weighted by molar-refractivity contribution is 5.94. The van der Waals surface area contributed by atoms with Crippen LogP contribution in [0.15, 0.2) is 18.2 Å². The van der Waals surface area contributed by atoms with Gasteiger partial charge in [0.2, 0.25) is 0 Å². The van der Waals surface area contributed by atoms with Crippen LogP contribution in [0.2, 0.25) is 0 Å². The second-order valence-corrected chi connectivity index (χ2v) is 2.72. The Hall–Kier alpha value is -1.84. The second kappa shape index (κ2) is 9.71. The van der Waals surface area contributed by atoms with E-state index in [9.17, 15) is 9.18 Å². The Labute approximate surface area is 94.3 Å². The predicted octanol–water partition coefficient (Wildman–Crippen LogP) is 2.22. The summed E-state index contributed by atoms with van der Waals surface area (Å²) in [6.07, 6.45) is 0.618. The Bertz CT molecular complexity index is 335. The molecule has 88 valence electrons. The molecule has 1 rings (SSSR count). The van der Waals surface area contributed by atoms with Crippen molar-refractivity contribution in [1.82, 2.24) is 0 Å². The number of hydrogen-bond acceptors (Lipinski definition) is 3. The van der Waals surface area contributed by atoms with Gasteiger partial charge in [-0.1, -0.05) is 6.92 Å². The van der Waals surface area contributed by atoms with Gasteiger partial charge >= 0.3 is 0 Å². The quantitative estimate of drug-likeness (QED) is 0.726. The Morgan fingerprint density at radius 1 is 1.25 bits per heavy atom. The maximum Gasteiger partial charge on any atom is 0.159 e. The number of halogens is 1. The zero-order valence-corrected chi connectivity index (χ0v) is 9.46. The Kier molecular flexibility index (Phi) is 10.1. The van der Waals surface area contributed by atoms with Gasteiger partial charge in [-0.15, -0.1) is 0 Å². The molecule has 0 aliphatic carbocycles. The van der Waals surface area contributed by atoms with Gasteiger partial charge in [0.05, 0.1) is 0 Å². The minimum atomic E-state index is -0.234. The maximum absolute atomic E-state index is 12.9. The topological polar surface area (TPSA) is 51.2 Å². The molecule has 0 atom stereocenters. The van der Waals surface area contributed by atoms with Crippen LogP contribution in [0.5, 0.6) is 0 Å². The van der Waals surface area contributed by atoms with E-state index in [4.69, 9.17) is 9.59 Å². The minimum Gasteiger partial charge on any atom is -0.307 e. The summed E-state index contributed by atoms with van der Waals surface area (Å²) in [6.45, 7) is 7.34. The molecule has 0 aliphatic rings. The fourth-order valence-corrected chi connectivity index (χ4v) is 1.06. The molecule has 0 unspecified atom stereocenters. The van der Waals surface area contributed by atoms with E-state index in [1.807, 2.05) is 20.5 Å². The zero-order valence-electron chi connectivity index (χ0n) is 9.46. The Morgan fingerprint density at radius 2 is 1.75 bits per heavy atom. The molecule has 0 N–H and O–H groups in total. The molecule has 1 aromatic carbocycles. The molecule has 0 heterocycles. The summed E-state index contributed by atoms with van der Waals surface area (Å²) in [5.74, 6) is -0.257. The van der Waals surface area contributed by atoms with E-state index < -0.39 is 0 Å². The SMILES string of the molecule is C=O.C=O.CCc1cc(C(C)=O)ccc1F. The number of hydrogen-bond donors (Lipinski definition) is 0. The van der Waals surface area contributed by atoms with Gasteiger partial charge in [-0.2, -0.15) is 0 Å². The number of carbonyl (C=O) groups excluding carboxylic acids is 3. The van der Waals surface area contributed by atoms with Crippen LogP contribution in [0.1, 0.15) is 29.8 Å². The number of benzene rings is 1. The van der Waals surface area contributed by atoms with Crippen molar-refractivity contribution < 1.29 is 18.8 Å². The number of aryl methyl sites for hydroxylation is 1. The molecule has 0 saturated heterocycles. The molecular formula is C12H15FO3. The van der Waals surface area contributed by atoms with Crippen molar-refractivity contribution in [2.24, 2.45) is 0 Å². The van der Waals surface area contributed by atoms with Crippen LogP contribution in [0.4, 0.5) is 4.39 Å². The van der Waals surface area contributed by atoms with Crippen LogP contribution >= 0.6 is 0 Å². The van der Waals surface area contributed by atoms with Crippen molar-refractivity contribution in [3.8, 4) is 0 Å². The molecule has 0 fully saturated rings. The van der Waals surface area contributed by atoms with E-state index in [1.165, 1.54) is 19.1 Å². The lowest BCUT2D eigenvalue weighted by atomic mass is 10.1. The highest BCUT2D eigenvalue weighted by atomic mass is 19.1. The molecule has 3 nitrogen and oxygen atoms in total. The molecule has 16 heavy (non-hydrogen) atoms. The van der Waals surface area contributed by atoms with Crippen LogP contribution in [0, 0.1) is 5.82 Å². The van der Waals surface area contributed by atoms with Crippen LogP contribution in [0.25, 0.3) is 0 Å². The lowest BCUT2D eigenvalue weighted by Crippen LogP contribution is -1.95. The third kappa shape index (κ3) is 5.14. The van der Waals surface area contributed by atoms with Crippen LogP contribution < -0.4 is 0 Å². The monoisotopic (exact) mass is 226 g/mol. The van der Waals surface area contributed by atoms with Gasteiger partial charge < -0.3 is 9.59 Å². The number of rotatable bonds is 2. The van der Waals surface area contributed by atoms with Crippen molar-refractivity contribution >= 4 is 19.4 Å². The van der Waals surface area contributed by atoms with Gasteiger partial charge in [0.25, 0.3) is 0 Å². The third-order valence-corrected chi connectivity index (χ3v) is 1.83. The first kappa shape index (κ1) is 16.6. The number of carbonyl (C=O) groups is 3. The fraction of sp³-hybridized carbons (Fsp3) is 0.250. The van der Waals surface area contributed by atoms with Crippen molar-refractivity contribution in [2.45, 2.75) is 20.3 Å². The molecular weight excluding hydrogens is 211 g/mol. The lowest BCUT2D eigenvalue weighted by molar-refractivity contribution is -0.0987. The highest BCUT2D eigenvalue weighted by Crippen LogP contribution is 2.11. The number of Topliss-reactive ketones (excluding diaryl/α,β-unsaturated/α-hetero) is 1. The molecule has 0 amide bonds. The van der Waals surface area contributed by atoms with Gasteiger partial charge in [0.1, 0.15) is 19.4 Å². The van der Waals surface area contributed by atoms with Crippen LogP contribution in [0.3, 0.4) is 0 Å². The maximum atomic E-state index is 12.9. The van der Waals surface area contributed by atoms with Gasteiger partial charge in [-0.05, 0) is 37.1 Å².